The van der Waals surface area contributed by atoms with E-state index in [0.29, 0.717) is 12.3 Å². The van der Waals surface area contributed by atoms with Crippen molar-refractivity contribution in [3.8, 4) is 5.75 Å². The van der Waals surface area contributed by atoms with E-state index in [1.165, 1.54) is 19.2 Å². The van der Waals surface area contributed by atoms with Crippen molar-refractivity contribution in [2.45, 2.75) is 6.92 Å². The number of amides is 1. The summed E-state index contributed by atoms with van der Waals surface area (Å²) in [5.41, 5.74) is 0.485. The predicted molar refractivity (Wildman–Crippen MR) is 105 cm³/mol. The fourth-order valence-corrected chi connectivity index (χ4v) is 3.00. The molecule has 0 aliphatic carbocycles. The molecule has 0 aromatic heterocycles. The molecule has 0 heterocycles. The van der Waals surface area contributed by atoms with Crippen LogP contribution in [0.4, 0.5) is 10.1 Å². The first-order valence-corrected chi connectivity index (χ1v) is 8.84. The maximum absolute atomic E-state index is 14.0. The molecule has 0 bridgehead atoms. The minimum atomic E-state index is -0.900. The van der Waals surface area contributed by atoms with Gasteiger partial charge in [-0.2, -0.15) is 0 Å². The summed E-state index contributed by atoms with van der Waals surface area (Å²) in [4.78, 5) is 26.4. The second-order valence-electron chi connectivity index (χ2n) is 6.06. The van der Waals surface area contributed by atoms with Gasteiger partial charge in [-0.3, -0.25) is 4.79 Å². The summed E-state index contributed by atoms with van der Waals surface area (Å²) in [5, 5.41) is 1.93. The highest BCUT2D eigenvalue weighted by atomic mass is 19.1. The smallest absolute Gasteiger partial charge is 0.341 e. The zero-order chi connectivity index (χ0) is 20.1. The molecule has 3 aromatic rings. The molecule has 0 N–H and O–H groups in total. The van der Waals surface area contributed by atoms with E-state index in [2.05, 4.69) is 0 Å². The van der Waals surface area contributed by atoms with Gasteiger partial charge in [0, 0.05) is 18.0 Å². The highest BCUT2D eigenvalue weighted by molar-refractivity contribution is 6.04. The van der Waals surface area contributed by atoms with Crippen LogP contribution in [0.5, 0.6) is 5.75 Å². The number of benzene rings is 3. The molecule has 0 radical (unpaired) electrons. The van der Waals surface area contributed by atoms with Gasteiger partial charge in [-0.1, -0.05) is 36.4 Å². The van der Waals surface area contributed by atoms with Crippen LogP contribution in [0.1, 0.15) is 17.3 Å². The van der Waals surface area contributed by atoms with Crippen LogP contribution in [0, 0.1) is 5.82 Å². The Morgan fingerprint density at radius 1 is 1.04 bits per heavy atom. The van der Waals surface area contributed by atoms with Gasteiger partial charge >= 0.3 is 5.97 Å². The number of likely N-dealkylation sites (N-methyl/N-ethyl adjacent to an activating group) is 1. The van der Waals surface area contributed by atoms with Crippen molar-refractivity contribution in [3.63, 3.8) is 0 Å². The number of anilines is 1. The molecule has 6 heteroatoms. The third-order valence-electron chi connectivity index (χ3n) is 4.40. The lowest BCUT2D eigenvalue weighted by atomic mass is 10.1. The minimum Gasteiger partial charge on any atom is -0.497 e. The third kappa shape index (κ3) is 3.96. The number of nitrogens with zero attached hydrogens (tertiary/aromatic N) is 1. The van der Waals surface area contributed by atoms with Crippen LogP contribution in [0.3, 0.4) is 0 Å². The van der Waals surface area contributed by atoms with Crippen LogP contribution in [0.25, 0.3) is 10.8 Å². The molecule has 144 valence electrons. The Bertz CT molecular complexity index is 1010. The fraction of sp³-hybridized carbons (Fsp3) is 0.182. The van der Waals surface area contributed by atoms with Gasteiger partial charge in [-0.25, -0.2) is 9.18 Å². The van der Waals surface area contributed by atoms with Gasteiger partial charge < -0.3 is 14.4 Å². The number of carbonyl (C=O) groups is 2. The number of esters is 1. The predicted octanol–water partition coefficient (Wildman–Crippen LogP) is 4.20. The number of halogens is 1. The van der Waals surface area contributed by atoms with Crippen LogP contribution in [0.2, 0.25) is 0 Å². The Labute approximate surface area is 162 Å². The monoisotopic (exact) mass is 381 g/mol. The molecule has 0 aliphatic rings. The summed E-state index contributed by atoms with van der Waals surface area (Å²) >= 11 is 0. The van der Waals surface area contributed by atoms with Crippen molar-refractivity contribution in [2.24, 2.45) is 0 Å². The second-order valence-corrected chi connectivity index (χ2v) is 6.06. The first-order valence-electron chi connectivity index (χ1n) is 8.84. The van der Waals surface area contributed by atoms with Crippen molar-refractivity contribution in [2.75, 3.05) is 25.2 Å². The van der Waals surface area contributed by atoms with Gasteiger partial charge in [0.1, 0.15) is 11.6 Å². The van der Waals surface area contributed by atoms with Crippen molar-refractivity contribution in [1.82, 2.24) is 0 Å². The molecule has 1 amide bonds. The first kappa shape index (κ1) is 19.4. The Morgan fingerprint density at radius 2 is 1.79 bits per heavy atom. The third-order valence-corrected chi connectivity index (χ3v) is 4.40. The van der Waals surface area contributed by atoms with Crippen LogP contribution in [0.15, 0.2) is 60.7 Å². The molecule has 0 spiro atoms. The molecule has 0 unspecified atom stereocenters. The molecule has 3 rings (SSSR count). The molecule has 5 nitrogen and oxygen atoms in total. The van der Waals surface area contributed by atoms with E-state index in [9.17, 15) is 14.0 Å². The van der Waals surface area contributed by atoms with E-state index in [-0.39, 0.29) is 11.5 Å². The second kappa shape index (κ2) is 8.52. The van der Waals surface area contributed by atoms with Gasteiger partial charge in [-0.05, 0) is 30.5 Å². The number of fused-ring (bicyclic) bond motifs is 1. The molecule has 0 aliphatic heterocycles. The molecular weight excluding hydrogens is 361 g/mol. The number of methoxy groups -OCH3 is 1. The average molecular weight is 381 g/mol. The summed E-state index contributed by atoms with van der Waals surface area (Å²) in [6, 6.07) is 17.2. The maximum atomic E-state index is 14.0. The highest BCUT2D eigenvalue weighted by Crippen LogP contribution is 2.27. The largest absolute Gasteiger partial charge is 0.497 e. The van der Waals surface area contributed by atoms with Gasteiger partial charge in [0.2, 0.25) is 0 Å². The summed E-state index contributed by atoms with van der Waals surface area (Å²) in [6.45, 7) is 1.76. The quantitative estimate of drug-likeness (QED) is 0.601. The molecule has 0 saturated heterocycles. The lowest BCUT2D eigenvalue weighted by Gasteiger charge is -2.22. The molecule has 28 heavy (non-hydrogen) atoms. The van der Waals surface area contributed by atoms with E-state index >= 15 is 0 Å². The zero-order valence-corrected chi connectivity index (χ0v) is 15.6. The van der Waals surface area contributed by atoms with Crippen LogP contribution in [-0.2, 0) is 9.53 Å². The Morgan fingerprint density at radius 3 is 2.50 bits per heavy atom. The number of carbonyl (C=O) groups excluding carboxylic acids is 2. The minimum absolute atomic E-state index is 0.248. The number of hydrogen-bond donors (Lipinski definition) is 0. The SMILES string of the molecule is CCN(C(=O)COC(=O)c1ccc(OC)cc1F)c1cccc2ccccc12. The van der Waals surface area contributed by atoms with E-state index in [4.69, 9.17) is 9.47 Å². The Kier molecular flexibility index (Phi) is 5.89. The van der Waals surface area contributed by atoms with Crippen molar-refractivity contribution >= 4 is 28.3 Å². The van der Waals surface area contributed by atoms with E-state index in [1.807, 2.05) is 49.4 Å². The number of hydrogen-bond acceptors (Lipinski definition) is 4. The number of rotatable bonds is 6. The van der Waals surface area contributed by atoms with E-state index in [1.54, 1.807) is 4.90 Å². The van der Waals surface area contributed by atoms with Gasteiger partial charge in [-0.15, -0.1) is 0 Å². The van der Waals surface area contributed by atoms with Crippen LogP contribution < -0.4 is 9.64 Å². The number of ether oxygens (including phenoxy) is 2. The lowest BCUT2D eigenvalue weighted by Crippen LogP contribution is -2.34. The Balaban J connectivity index is 1.75. The van der Waals surface area contributed by atoms with E-state index < -0.39 is 18.4 Å². The molecular formula is C22H20FNO4. The van der Waals surface area contributed by atoms with Crippen molar-refractivity contribution < 1.29 is 23.5 Å². The first-order chi connectivity index (χ1) is 13.5. The van der Waals surface area contributed by atoms with Crippen molar-refractivity contribution in [3.05, 3.63) is 72.0 Å². The lowest BCUT2D eigenvalue weighted by molar-refractivity contribution is -0.121. The Hall–Kier alpha value is -3.41. The van der Waals surface area contributed by atoms with Crippen LogP contribution in [-0.4, -0.2) is 32.1 Å². The molecule has 0 atom stereocenters. The average Bonchev–Trinajstić information content (AvgIpc) is 2.72. The normalized spacial score (nSPS) is 10.5. The highest BCUT2D eigenvalue weighted by Gasteiger charge is 2.20. The summed E-state index contributed by atoms with van der Waals surface area (Å²) in [6.07, 6.45) is 0. The summed E-state index contributed by atoms with van der Waals surface area (Å²) in [7, 11) is 1.40. The molecule has 0 fully saturated rings. The van der Waals surface area contributed by atoms with Crippen molar-refractivity contribution in [1.29, 1.82) is 0 Å². The van der Waals surface area contributed by atoms with Crippen LogP contribution >= 0.6 is 0 Å². The standard InChI is InChI=1S/C22H20FNO4/c1-3-24(20-10-6-8-15-7-4-5-9-17(15)20)21(25)14-28-22(26)18-12-11-16(27-2)13-19(18)23/h4-13H,3,14H2,1-2H3. The van der Waals surface area contributed by atoms with E-state index in [0.717, 1.165) is 22.5 Å². The topological polar surface area (TPSA) is 55.8 Å². The molecule has 0 saturated carbocycles. The van der Waals surface area contributed by atoms with Gasteiger partial charge in [0.25, 0.3) is 5.91 Å². The molecule has 3 aromatic carbocycles. The van der Waals surface area contributed by atoms with Gasteiger partial charge in [0.15, 0.2) is 6.61 Å². The van der Waals surface area contributed by atoms with Gasteiger partial charge in [0.05, 0.1) is 18.4 Å². The summed E-state index contributed by atoms with van der Waals surface area (Å²) < 4.78 is 24.0. The summed E-state index contributed by atoms with van der Waals surface area (Å²) in [5.74, 6) is -1.76. The maximum Gasteiger partial charge on any atom is 0.341 e. The zero-order valence-electron chi connectivity index (χ0n) is 15.6. The fourth-order valence-electron chi connectivity index (χ4n) is 3.00.